The molecule has 84 valence electrons. The van der Waals surface area contributed by atoms with Gasteiger partial charge in [0.2, 0.25) is 0 Å². The van der Waals surface area contributed by atoms with Crippen LogP contribution in [-0.4, -0.2) is 14.4 Å². The molecule has 2 aromatic heterocycles. The zero-order valence-corrected chi connectivity index (χ0v) is 9.64. The van der Waals surface area contributed by atoms with Crippen molar-refractivity contribution in [2.45, 2.75) is 38.1 Å². The van der Waals surface area contributed by atoms with Crippen LogP contribution in [0, 0.1) is 0 Å². The Morgan fingerprint density at radius 1 is 1.44 bits per heavy atom. The van der Waals surface area contributed by atoms with Crippen molar-refractivity contribution in [3.8, 4) is 0 Å². The van der Waals surface area contributed by atoms with Gasteiger partial charge in [0.25, 0.3) is 0 Å². The quantitative estimate of drug-likeness (QED) is 0.832. The molecule has 2 N–H and O–H groups in total. The van der Waals surface area contributed by atoms with E-state index in [2.05, 4.69) is 23.2 Å². The van der Waals surface area contributed by atoms with Gasteiger partial charge in [0, 0.05) is 18.3 Å². The number of rotatable bonds is 2. The lowest BCUT2D eigenvalue weighted by atomic mass is 10.2. The Hall–Kier alpha value is -1.42. The number of hydrogen-bond acceptors (Lipinski definition) is 3. The van der Waals surface area contributed by atoms with Crippen LogP contribution in [0.4, 0.5) is 0 Å². The second-order valence-corrected chi connectivity index (χ2v) is 4.96. The summed E-state index contributed by atoms with van der Waals surface area (Å²) >= 11 is 0. The van der Waals surface area contributed by atoms with Crippen LogP contribution >= 0.6 is 0 Å². The zero-order valence-electron chi connectivity index (χ0n) is 9.64. The minimum absolute atomic E-state index is 0.193. The number of imidazole rings is 1. The monoisotopic (exact) mass is 216 g/mol. The van der Waals surface area contributed by atoms with Gasteiger partial charge in [0.1, 0.15) is 5.82 Å². The fraction of sp³-hybridized carbons (Fsp3) is 0.500. The van der Waals surface area contributed by atoms with Gasteiger partial charge in [-0.3, -0.25) is 4.98 Å². The molecule has 0 radical (unpaired) electrons. The minimum Gasteiger partial charge on any atom is -0.320 e. The van der Waals surface area contributed by atoms with Crippen LogP contribution in [0.3, 0.4) is 0 Å². The van der Waals surface area contributed by atoms with Crippen LogP contribution in [0.2, 0.25) is 0 Å². The molecule has 0 unspecified atom stereocenters. The van der Waals surface area contributed by atoms with Crippen molar-refractivity contribution in [2.24, 2.45) is 5.73 Å². The molecule has 2 heterocycles. The number of hydrogen-bond donors (Lipinski definition) is 1. The predicted octanol–water partition coefficient (Wildman–Crippen LogP) is 1.80. The molecule has 3 rings (SSSR count). The third-order valence-corrected chi connectivity index (χ3v) is 3.25. The molecule has 1 fully saturated rings. The van der Waals surface area contributed by atoms with E-state index in [0.29, 0.717) is 5.92 Å². The molecule has 0 aliphatic heterocycles. The fourth-order valence-corrected chi connectivity index (χ4v) is 2.11. The maximum absolute atomic E-state index is 6.24. The summed E-state index contributed by atoms with van der Waals surface area (Å²) in [4.78, 5) is 8.89. The summed E-state index contributed by atoms with van der Waals surface area (Å²) in [5.74, 6) is 1.47. The second kappa shape index (κ2) is 3.04. The molecule has 0 aromatic carbocycles. The predicted molar refractivity (Wildman–Crippen MR) is 62.2 cm³/mol. The Morgan fingerprint density at radius 3 is 2.81 bits per heavy atom. The lowest BCUT2D eigenvalue weighted by Crippen LogP contribution is -2.19. The van der Waals surface area contributed by atoms with Gasteiger partial charge in [-0.2, -0.15) is 0 Å². The molecule has 0 saturated heterocycles. The highest BCUT2D eigenvalue weighted by Gasteiger charge is 2.44. The van der Waals surface area contributed by atoms with E-state index in [0.717, 1.165) is 29.9 Å². The van der Waals surface area contributed by atoms with Gasteiger partial charge in [0.15, 0.2) is 0 Å². The standard InChI is InChI=1S/C12H16N4/c1-8(2)11-15-10(12(13)3-4-12)9-7-14-5-6-16(9)11/h5-8H,3-4,13H2,1-2H3. The molecule has 0 atom stereocenters. The Bertz CT molecular complexity index is 537. The normalized spacial score (nSPS) is 18.2. The number of fused-ring (bicyclic) bond motifs is 1. The third-order valence-electron chi connectivity index (χ3n) is 3.25. The van der Waals surface area contributed by atoms with E-state index in [1.807, 2.05) is 12.4 Å². The summed E-state index contributed by atoms with van der Waals surface area (Å²) in [5.41, 5.74) is 8.13. The Balaban J connectivity index is 2.29. The highest BCUT2D eigenvalue weighted by molar-refractivity contribution is 5.56. The molecule has 16 heavy (non-hydrogen) atoms. The van der Waals surface area contributed by atoms with Crippen LogP contribution in [0.5, 0.6) is 0 Å². The van der Waals surface area contributed by atoms with Crippen molar-refractivity contribution in [3.63, 3.8) is 0 Å². The van der Waals surface area contributed by atoms with Crippen molar-refractivity contribution < 1.29 is 0 Å². The summed E-state index contributed by atoms with van der Waals surface area (Å²) in [7, 11) is 0. The highest BCUT2D eigenvalue weighted by Crippen LogP contribution is 2.44. The zero-order chi connectivity index (χ0) is 11.3. The third kappa shape index (κ3) is 1.26. The molecular weight excluding hydrogens is 200 g/mol. The van der Waals surface area contributed by atoms with E-state index < -0.39 is 0 Å². The van der Waals surface area contributed by atoms with Crippen molar-refractivity contribution >= 4 is 5.52 Å². The van der Waals surface area contributed by atoms with Crippen LogP contribution in [0.25, 0.3) is 5.52 Å². The second-order valence-electron chi connectivity index (χ2n) is 4.96. The van der Waals surface area contributed by atoms with Crippen molar-refractivity contribution in [1.29, 1.82) is 0 Å². The molecule has 1 aliphatic rings. The van der Waals surface area contributed by atoms with Gasteiger partial charge in [-0.05, 0) is 12.8 Å². The Kier molecular flexibility index (Phi) is 1.86. The van der Waals surface area contributed by atoms with Crippen molar-refractivity contribution in [1.82, 2.24) is 14.4 Å². The first-order valence-electron chi connectivity index (χ1n) is 5.73. The van der Waals surface area contributed by atoms with Crippen LogP contribution in [-0.2, 0) is 5.54 Å². The lowest BCUT2D eigenvalue weighted by molar-refractivity contribution is 0.703. The summed E-state index contributed by atoms with van der Waals surface area (Å²) in [6.45, 7) is 4.30. The number of nitrogens with two attached hydrogens (primary N) is 1. The first kappa shape index (κ1) is 9.78. The topological polar surface area (TPSA) is 56.2 Å². The molecule has 4 nitrogen and oxygen atoms in total. The van der Waals surface area contributed by atoms with Gasteiger partial charge in [-0.25, -0.2) is 4.98 Å². The summed E-state index contributed by atoms with van der Waals surface area (Å²) < 4.78 is 2.11. The van der Waals surface area contributed by atoms with E-state index >= 15 is 0 Å². The van der Waals surface area contributed by atoms with E-state index in [1.165, 1.54) is 0 Å². The Morgan fingerprint density at radius 2 is 2.19 bits per heavy atom. The van der Waals surface area contributed by atoms with Crippen LogP contribution in [0.1, 0.15) is 44.1 Å². The molecule has 0 bridgehead atoms. The summed E-state index contributed by atoms with van der Waals surface area (Å²) in [5, 5.41) is 0. The van der Waals surface area contributed by atoms with Crippen molar-refractivity contribution in [3.05, 3.63) is 30.1 Å². The van der Waals surface area contributed by atoms with Crippen LogP contribution in [0.15, 0.2) is 18.6 Å². The number of aromatic nitrogens is 3. The molecule has 2 aromatic rings. The maximum atomic E-state index is 6.24. The average Bonchev–Trinajstić information content (AvgIpc) is 2.89. The maximum Gasteiger partial charge on any atom is 0.116 e. The first-order valence-corrected chi connectivity index (χ1v) is 5.73. The first-order chi connectivity index (χ1) is 7.62. The lowest BCUT2D eigenvalue weighted by Gasteiger charge is -2.03. The summed E-state index contributed by atoms with van der Waals surface area (Å²) in [6, 6.07) is 0. The van der Waals surface area contributed by atoms with Gasteiger partial charge in [-0.15, -0.1) is 0 Å². The largest absolute Gasteiger partial charge is 0.320 e. The van der Waals surface area contributed by atoms with Crippen LogP contribution < -0.4 is 5.73 Å². The van der Waals surface area contributed by atoms with Crippen molar-refractivity contribution in [2.75, 3.05) is 0 Å². The van der Waals surface area contributed by atoms with E-state index in [1.54, 1.807) is 6.20 Å². The minimum atomic E-state index is -0.193. The Labute approximate surface area is 94.5 Å². The van der Waals surface area contributed by atoms with E-state index in [9.17, 15) is 0 Å². The SMILES string of the molecule is CC(C)c1nc(C2(N)CC2)c2cnccn12. The molecule has 1 aliphatic carbocycles. The molecule has 0 amide bonds. The van der Waals surface area contributed by atoms with Gasteiger partial charge < -0.3 is 10.1 Å². The fourth-order valence-electron chi connectivity index (χ4n) is 2.11. The highest BCUT2D eigenvalue weighted by atomic mass is 15.1. The average molecular weight is 216 g/mol. The van der Waals surface area contributed by atoms with Gasteiger partial charge in [0.05, 0.1) is 22.9 Å². The van der Waals surface area contributed by atoms with Gasteiger partial charge in [-0.1, -0.05) is 13.8 Å². The molecule has 4 heteroatoms. The molecule has 0 spiro atoms. The number of nitrogens with zero attached hydrogens (tertiary/aromatic N) is 3. The summed E-state index contributed by atoms with van der Waals surface area (Å²) in [6.07, 6.45) is 7.69. The van der Waals surface area contributed by atoms with Gasteiger partial charge >= 0.3 is 0 Å². The van der Waals surface area contributed by atoms with E-state index in [-0.39, 0.29) is 5.54 Å². The molecular formula is C12H16N4. The smallest absolute Gasteiger partial charge is 0.116 e. The van der Waals surface area contributed by atoms with E-state index in [4.69, 9.17) is 10.7 Å². The molecule has 1 saturated carbocycles.